The summed E-state index contributed by atoms with van der Waals surface area (Å²) in [4.78, 5) is 24.9. The van der Waals surface area contributed by atoms with E-state index in [1.807, 2.05) is 0 Å². The standard InChI is InChI=1S/C19H29NO4S/c1-7-19(5,6)11-8-9-12-13(10-11)25-15(14(12)16(21)22)20-17(23)24-18(2,3)4/h11H,7-10H2,1-6H3,(H,20,23)(H,21,22). The highest BCUT2D eigenvalue weighted by Crippen LogP contribution is 2.45. The van der Waals surface area contributed by atoms with E-state index in [9.17, 15) is 14.7 Å². The summed E-state index contributed by atoms with van der Waals surface area (Å²) in [6, 6.07) is 0. The van der Waals surface area contributed by atoms with Gasteiger partial charge in [0.25, 0.3) is 0 Å². The number of aromatic carboxylic acids is 1. The summed E-state index contributed by atoms with van der Waals surface area (Å²) in [5.41, 5.74) is 0.718. The second-order valence-electron chi connectivity index (χ2n) is 8.42. The van der Waals surface area contributed by atoms with Crippen molar-refractivity contribution in [2.24, 2.45) is 11.3 Å². The predicted octanol–water partition coefficient (Wildman–Crippen LogP) is 5.33. The number of fused-ring (bicyclic) bond motifs is 1. The van der Waals surface area contributed by atoms with Crippen molar-refractivity contribution in [2.45, 2.75) is 72.8 Å². The van der Waals surface area contributed by atoms with Gasteiger partial charge in [0, 0.05) is 4.88 Å². The Morgan fingerprint density at radius 2 is 1.92 bits per heavy atom. The van der Waals surface area contributed by atoms with Gasteiger partial charge in [-0.1, -0.05) is 27.2 Å². The summed E-state index contributed by atoms with van der Waals surface area (Å²) in [6.45, 7) is 12.1. The lowest BCUT2D eigenvalue weighted by Gasteiger charge is -2.36. The number of nitrogens with one attached hydrogen (secondary N) is 1. The molecule has 6 heteroatoms. The van der Waals surface area contributed by atoms with Crippen LogP contribution in [-0.2, 0) is 17.6 Å². The van der Waals surface area contributed by atoms with Crippen molar-refractivity contribution in [3.63, 3.8) is 0 Å². The molecule has 1 aromatic rings. The van der Waals surface area contributed by atoms with Crippen LogP contribution in [0.25, 0.3) is 0 Å². The first kappa shape index (κ1) is 19.8. The van der Waals surface area contributed by atoms with E-state index < -0.39 is 17.7 Å². The second-order valence-corrected chi connectivity index (χ2v) is 9.53. The molecule has 5 nitrogen and oxygen atoms in total. The molecule has 1 aliphatic rings. The summed E-state index contributed by atoms with van der Waals surface area (Å²) in [6.07, 6.45) is 3.08. The Morgan fingerprint density at radius 1 is 1.28 bits per heavy atom. The Bertz CT molecular complexity index is 670. The molecule has 0 fully saturated rings. The zero-order chi connectivity index (χ0) is 19.0. The van der Waals surface area contributed by atoms with E-state index in [1.165, 1.54) is 11.3 Å². The van der Waals surface area contributed by atoms with Crippen LogP contribution >= 0.6 is 11.3 Å². The van der Waals surface area contributed by atoms with Gasteiger partial charge in [-0.25, -0.2) is 9.59 Å². The average Bonchev–Trinajstić information content (AvgIpc) is 2.81. The number of carboxylic acids is 1. The Balaban J connectivity index is 2.29. The largest absolute Gasteiger partial charge is 0.478 e. The molecule has 0 aliphatic heterocycles. The smallest absolute Gasteiger partial charge is 0.412 e. The summed E-state index contributed by atoms with van der Waals surface area (Å²) < 4.78 is 5.26. The lowest BCUT2D eigenvalue weighted by Crippen LogP contribution is -2.28. The highest BCUT2D eigenvalue weighted by Gasteiger charge is 2.35. The maximum atomic E-state index is 12.1. The number of hydrogen-bond acceptors (Lipinski definition) is 4. The molecule has 0 bridgehead atoms. The predicted molar refractivity (Wildman–Crippen MR) is 101 cm³/mol. The minimum atomic E-state index is -0.989. The van der Waals surface area contributed by atoms with Crippen LogP contribution in [0.2, 0.25) is 0 Å². The SMILES string of the molecule is CCC(C)(C)C1CCc2c(sc(NC(=O)OC(C)(C)C)c2C(=O)O)C1. The molecule has 1 unspecified atom stereocenters. The van der Waals surface area contributed by atoms with Gasteiger partial charge < -0.3 is 9.84 Å². The highest BCUT2D eigenvalue weighted by molar-refractivity contribution is 7.17. The van der Waals surface area contributed by atoms with Gasteiger partial charge >= 0.3 is 12.1 Å². The molecule has 2 rings (SSSR count). The minimum absolute atomic E-state index is 0.226. The third-order valence-electron chi connectivity index (χ3n) is 5.11. The molecule has 1 aromatic heterocycles. The van der Waals surface area contributed by atoms with Gasteiger partial charge in [-0.05, 0) is 56.9 Å². The van der Waals surface area contributed by atoms with E-state index in [4.69, 9.17) is 4.74 Å². The first-order valence-electron chi connectivity index (χ1n) is 8.82. The van der Waals surface area contributed by atoms with Crippen LogP contribution in [0.3, 0.4) is 0 Å². The molecule has 2 N–H and O–H groups in total. The molecule has 1 heterocycles. The Labute approximate surface area is 153 Å². The van der Waals surface area contributed by atoms with Crippen LogP contribution in [0.15, 0.2) is 0 Å². The van der Waals surface area contributed by atoms with Gasteiger partial charge in [0.1, 0.15) is 10.6 Å². The molecular formula is C19H29NO4S. The van der Waals surface area contributed by atoms with Gasteiger partial charge in [-0.2, -0.15) is 0 Å². The zero-order valence-electron chi connectivity index (χ0n) is 16.0. The van der Waals surface area contributed by atoms with Gasteiger partial charge in [0.05, 0.1) is 5.56 Å². The van der Waals surface area contributed by atoms with Crippen molar-refractivity contribution < 1.29 is 19.4 Å². The normalized spacial score (nSPS) is 17.8. The number of anilines is 1. The van der Waals surface area contributed by atoms with Crippen LogP contribution in [0.4, 0.5) is 9.80 Å². The van der Waals surface area contributed by atoms with Crippen LogP contribution < -0.4 is 5.32 Å². The topological polar surface area (TPSA) is 75.6 Å². The molecule has 1 amide bonds. The van der Waals surface area contributed by atoms with Crippen molar-refractivity contribution >= 4 is 28.4 Å². The average molecular weight is 368 g/mol. The molecule has 1 aliphatic carbocycles. The van der Waals surface area contributed by atoms with Crippen molar-refractivity contribution in [1.82, 2.24) is 0 Å². The number of ether oxygens (including phenoxy) is 1. The Hall–Kier alpha value is -1.56. The van der Waals surface area contributed by atoms with Gasteiger partial charge in [0.2, 0.25) is 0 Å². The number of carbonyl (C=O) groups excluding carboxylic acids is 1. The van der Waals surface area contributed by atoms with E-state index in [-0.39, 0.29) is 11.0 Å². The fourth-order valence-corrected chi connectivity index (χ4v) is 4.56. The number of rotatable bonds is 4. The van der Waals surface area contributed by atoms with Crippen molar-refractivity contribution in [3.05, 3.63) is 16.0 Å². The fraction of sp³-hybridized carbons (Fsp3) is 0.684. The molecule has 140 valence electrons. The van der Waals surface area contributed by atoms with E-state index in [0.717, 1.165) is 36.1 Å². The van der Waals surface area contributed by atoms with Crippen LogP contribution in [0.1, 0.15) is 75.2 Å². The molecule has 0 saturated heterocycles. The Kier molecular flexibility index (Phi) is 5.52. The molecule has 0 spiro atoms. The summed E-state index contributed by atoms with van der Waals surface area (Å²) in [5.74, 6) is -0.462. The third kappa shape index (κ3) is 4.54. The van der Waals surface area contributed by atoms with Crippen LogP contribution in [0, 0.1) is 11.3 Å². The van der Waals surface area contributed by atoms with E-state index in [2.05, 4.69) is 26.1 Å². The molecule has 25 heavy (non-hydrogen) atoms. The minimum Gasteiger partial charge on any atom is -0.478 e. The molecule has 0 radical (unpaired) electrons. The zero-order valence-corrected chi connectivity index (χ0v) is 16.8. The number of thiophene rings is 1. The number of carboxylic acid groups (broad SMARTS) is 1. The first-order chi connectivity index (χ1) is 11.4. The number of hydrogen-bond donors (Lipinski definition) is 2. The lowest BCUT2D eigenvalue weighted by atomic mass is 9.69. The van der Waals surface area contributed by atoms with Crippen LogP contribution in [-0.4, -0.2) is 22.8 Å². The highest BCUT2D eigenvalue weighted by atomic mass is 32.1. The second kappa shape index (κ2) is 6.98. The van der Waals surface area contributed by atoms with Crippen molar-refractivity contribution in [2.75, 3.05) is 5.32 Å². The number of carbonyl (C=O) groups is 2. The summed E-state index contributed by atoms with van der Waals surface area (Å²) in [7, 11) is 0. The fourth-order valence-electron chi connectivity index (χ4n) is 3.25. The van der Waals surface area contributed by atoms with E-state index in [0.29, 0.717) is 10.9 Å². The summed E-state index contributed by atoms with van der Waals surface area (Å²) >= 11 is 1.38. The van der Waals surface area contributed by atoms with Gasteiger partial charge in [0.15, 0.2) is 0 Å². The molecule has 1 atom stereocenters. The monoisotopic (exact) mass is 367 g/mol. The summed E-state index contributed by atoms with van der Waals surface area (Å²) in [5, 5.41) is 12.7. The first-order valence-corrected chi connectivity index (χ1v) is 9.64. The quantitative estimate of drug-likeness (QED) is 0.754. The maximum Gasteiger partial charge on any atom is 0.412 e. The van der Waals surface area contributed by atoms with Gasteiger partial charge in [-0.3, -0.25) is 5.32 Å². The maximum absolute atomic E-state index is 12.1. The van der Waals surface area contributed by atoms with Crippen LogP contribution in [0.5, 0.6) is 0 Å². The third-order valence-corrected chi connectivity index (χ3v) is 6.28. The molecule has 0 aromatic carbocycles. The number of amides is 1. The van der Waals surface area contributed by atoms with Crippen molar-refractivity contribution in [1.29, 1.82) is 0 Å². The Morgan fingerprint density at radius 3 is 2.44 bits per heavy atom. The lowest BCUT2D eigenvalue weighted by molar-refractivity contribution is 0.0636. The van der Waals surface area contributed by atoms with E-state index in [1.54, 1.807) is 20.8 Å². The van der Waals surface area contributed by atoms with Crippen molar-refractivity contribution in [3.8, 4) is 0 Å². The molecule has 0 saturated carbocycles. The molecular weight excluding hydrogens is 338 g/mol. The van der Waals surface area contributed by atoms with E-state index >= 15 is 0 Å². The van der Waals surface area contributed by atoms with Gasteiger partial charge in [-0.15, -0.1) is 11.3 Å².